The van der Waals surface area contributed by atoms with Crippen LogP contribution in [0.3, 0.4) is 0 Å². The fourth-order valence-electron chi connectivity index (χ4n) is 2.37. The van der Waals surface area contributed by atoms with Crippen LogP contribution in [-0.4, -0.2) is 39.5 Å². The number of nitrogens with one attached hydrogen (secondary N) is 1. The number of hydrogen-bond acceptors (Lipinski definition) is 3. The monoisotopic (exact) mass is 261 g/mol. The van der Waals surface area contributed by atoms with Crippen molar-refractivity contribution >= 4 is 10.8 Å². The van der Waals surface area contributed by atoms with Crippen molar-refractivity contribution in [2.24, 2.45) is 0 Å². The topological polar surface area (TPSA) is 49.3 Å². The molecule has 0 amide bonds. The second-order valence-corrected chi connectivity index (χ2v) is 7.04. The van der Waals surface area contributed by atoms with Gasteiger partial charge in [-0.1, -0.05) is 25.7 Å². The van der Waals surface area contributed by atoms with Crippen molar-refractivity contribution in [2.45, 2.75) is 63.5 Å². The van der Waals surface area contributed by atoms with Gasteiger partial charge in [-0.15, -0.1) is 0 Å². The molecule has 0 heterocycles. The minimum absolute atomic E-state index is 0.339. The fourth-order valence-corrected chi connectivity index (χ4v) is 3.06. The first kappa shape index (κ1) is 15.1. The van der Waals surface area contributed by atoms with E-state index in [0.29, 0.717) is 12.6 Å². The van der Waals surface area contributed by atoms with E-state index in [1.807, 2.05) is 0 Å². The number of aliphatic hydroxyl groups is 1. The van der Waals surface area contributed by atoms with Gasteiger partial charge in [0.25, 0.3) is 0 Å². The first-order chi connectivity index (χ1) is 8.02. The standard InChI is InChI=1S/C13H27NO2S/c1-12(7-10-17(2)16)14-11-13(15)8-5-3-4-6-9-13/h12,14-15H,3-11H2,1-2H3. The van der Waals surface area contributed by atoms with E-state index in [-0.39, 0.29) is 0 Å². The molecule has 0 aromatic heterocycles. The Balaban J connectivity index is 2.25. The van der Waals surface area contributed by atoms with Gasteiger partial charge in [0.15, 0.2) is 0 Å². The lowest BCUT2D eigenvalue weighted by Gasteiger charge is -2.28. The van der Waals surface area contributed by atoms with Crippen LogP contribution in [0.25, 0.3) is 0 Å². The van der Waals surface area contributed by atoms with Gasteiger partial charge in [0.2, 0.25) is 0 Å². The van der Waals surface area contributed by atoms with Crippen molar-refractivity contribution in [1.82, 2.24) is 5.32 Å². The Bertz CT molecular complexity index is 238. The molecule has 1 saturated carbocycles. The third kappa shape index (κ3) is 6.53. The molecular weight excluding hydrogens is 234 g/mol. The van der Waals surface area contributed by atoms with Crippen LogP contribution in [0.1, 0.15) is 51.9 Å². The zero-order valence-electron chi connectivity index (χ0n) is 11.2. The Hall–Kier alpha value is 0.0700. The van der Waals surface area contributed by atoms with Gasteiger partial charge in [0.05, 0.1) is 5.60 Å². The quantitative estimate of drug-likeness (QED) is 0.717. The van der Waals surface area contributed by atoms with Gasteiger partial charge in [-0.2, -0.15) is 0 Å². The summed E-state index contributed by atoms with van der Waals surface area (Å²) in [5.74, 6) is 0.743. The summed E-state index contributed by atoms with van der Waals surface area (Å²) in [5.41, 5.74) is -0.504. The maximum absolute atomic E-state index is 11.0. The maximum atomic E-state index is 11.0. The summed E-state index contributed by atoms with van der Waals surface area (Å²) in [7, 11) is -0.710. The summed E-state index contributed by atoms with van der Waals surface area (Å²) in [6.45, 7) is 2.79. The summed E-state index contributed by atoms with van der Waals surface area (Å²) in [4.78, 5) is 0. The molecule has 0 aromatic rings. The zero-order chi connectivity index (χ0) is 12.7. The zero-order valence-corrected chi connectivity index (χ0v) is 12.0. The van der Waals surface area contributed by atoms with E-state index in [1.165, 1.54) is 12.8 Å². The Morgan fingerprint density at radius 3 is 2.41 bits per heavy atom. The largest absolute Gasteiger partial charge is 0.389 e. The van der Waals surface area contributed by atoms with Gasteiger partial charge < -0.3 is 10.4 Å². The average Bonchev–Trinajstić information content (AvgIpc) is 2.49. The fraction of sp³-hybridized carbons (Fsp3) is 1.00. The summed E-state index contributed by atoms with van der Waals surface area (Å²) >= 11 is 0. The minimum atomic E-state index is -0.710. The lowest BCUT2D eigenvalue weighted by Crippen LogP contribution is -2.43. The van der Waals surface area contributed by atoms with Gasteiger partial charge in [-0.3, -0.25) is 4.21 Å². The molecule has 0 saturated heterocycles. The Kier molecular flexibility index (Phi) is 6.67. The van der Waals surface area contributed by atoms with E-state index in [4.69, 9.17) is 0 Å². The molecule has 1 aliphatic carbocycles. The van der Waals surface area contributed by atoms with Crippen LogP contribution in [0.5, 0.6) is 0 Å². The molecule has 0 spiro atoms. The average molecular weight is 261 g/mol. The van der Waals surface area contributed by atoms with Crippen molar-refractivity contribution in [3.63, 3.8) is 0 Å². The van der Waals surface area contributed by atoms with Crippen molar-refractivity contribution < 1.29 is 9.32 Å². The highest BCUT2D eigenvalue weighted by Crippen LogP contribution is 2.26. The third-order valence-corrected chi connectivity index (χ3v) is 4.46. The lowest BCUT2D eigenvalue weighted by molar-refractivity contribution is 0.0231. The second kappa shape index (κ2) is 7.49. The number of hydrogen-bond donors (Lipinski definition) is 2. The first-order valence-electron chi connectivity index (χ1n) is 6.78. The molecule has 4 heteroatoms. The van der Waals surface area contributed by atoms with Gasteiger partial charge in [0, 0.05) is 35.4 Å². The van der Waals surface area contributed by atoms with Crippen LogP contribution in [0.2, 0.25) is 0 Å². The van der Waals surface area contributed by atoms with Crippen LogP contribution >= 0.6 is 0 Å². The van der Waals surface area contributed by atoms with E-state index < -0.39 is 16.4 Å². The Morgan fingerprint density at radius 1 is 1.29 bits per heavy atom. The third-order valence-electron chi connectivity index (χ3n) is 3.65. The predicted molar refractivity (Wildman–Crippen MR) is 73.7 cm³/mol. The van der Waals surface area contributed by atoms with Crippen LogP contribution in [0, 0.1) is 0 Å². The highest BCUT2D eigenvalue weighted by Gasteiger charge is 2.27. The minimum Gasteiger partial charge on any atom is -0.389 e. The van der Waals surface area contributed by atoms with Gasteiger partial charge in [-0.25, -0.2) is 0 Å². The highest BCUT2D eigenvalue weighted by atomic mass is 32.2. The molecule has 3 nitrogen and oxygen atoms in total. The Labute approximate surface area is 108 Å². The predicted octanol–water partition coefficient (Wildman–Crippen LogP) is 1.82. The molecule has 2 atom stereocenters. The maximum Gasteiger partial charge on any atom is 0.0771 e. The molecule has 102 valence electrons. The van der Waals surface area contributed by atoms with Gasteiger partial charge in [0.1, 0.15) is 0 Å². The molecule has 2 unspecified atom stereocenters. The molecular formula is C13H27NO2S. The van der Waals surface area contributed by atoms with E-state index in [2.05, 4.69) is 12.2 Å². The van der Waals surface area contributed by atoms with E-state index >= 15 is 0 Å². The van der Waals surface area contributed by atoms with Crippen molar-refractivity contribution in [2.75, 3.05) is 18.6 Å². The van der Waals surface area contributed by atoms with Crippen molar-refractivity contribution in [1.29, 1.82) is 0 Å². The normalized spacial score (nSPS) is 23.9. The van der Waals surface area contributed by atoms with Crippen LogP contribution in [-0.2, 0) is 10.8 Å². The van der Waals surface area contributed by atoms with Crippen LogP contribution in [0.15, 0.2) is 0 Å². The molecule has 1 aliphatic rings. The number of rotatable bonds is 6. The molecule has 1 fully saturated rings. The lowest BCUT2D eigenvalue weighted by atomic mass is 9.94. The van der Waals surface area contributed by atoms with Gasteiger partial charge in [-0.05, 0) is 26.2 Å². The second-order valence-electron chi connectivity index (χ2n) is 5.49. The van der Waals surface area contributed by atoms with E-state index in [0.717, 1.165) is 37.9 Å². The molecule has 0 bridgehead atoms. The molecule has 1 rings (SSSR count). The van der Waals surface area contributed by atoms with E-state index in [9.17, 15) is 9.32 Å². The first-order valence-corrected chi connectivity index (χ1v) is 8.50. The highest BCUT2D eigenvalue weighted by molar-refractivity contribution is 7.84. The molecule has 0 aliphatic heterocycles. The molecule has 0 aromatic carbocycles. The van der Waals surface area contributed by atoms with Crippen molar-refractivity contribution in [3.05, 3.63) is 0 Å². The smallest absolute Gasteiger partial charge is 0.0771 e. The summed E-state index contributed by atoms with van der Waals surface area (Å²) in [6.07, 6.45) is 9.31. The van der Waals surface area contributed by atoms with Crippen LogP contribution < -0.4 is 5.32 Å². The Morgan fingerprint density at radius 2 is 1.88 bits per heavy atom. The molecule has 0 radical (unpaired) electrons. The SMILES string of the molecule is CC(CCS(C)=O)NCC1(O)CCCCCC1. The summed E-state index contributed by atoms with van der Waals surface area (Å²) < 4.78 is 11.0. The van der Waals surface area contributed by atoms with E-state index in [1.54, 1.807) is 6.26 Å². The molecule has 2 N–H and O–H groups in total. The van der Waals surface area contributed by atoms with Crippen molar-refractivity contribution in [3.8, 4) is 0 Å². The van der Waals surface area contributed by atoms with Crippen LogP contribution in [0.4, 0.5) is 0 Å². The summed E-state index contributed by atoms with van der Waals surface area (Å²) in [5, 5.41) is 13.8. The summed E-state index contributed by atoms with van der Waals surface area (Å²) in [6, 6.07) is 0.339. The van der Waals surface area contributed by atoms with Gasteiger partial charge >= 0.3 is 0 Å². The molecule has 17 heavy (non-hydrogen) atoms.